The van der Waals surface area contributed by atoms with Crippen molar-refractivity contribution in [1.82, 2.24) is 0 Å². The quantitative estimate of drug-likeness (QED) is 0.398. The van der Waals surface area contributed by atoms with Crippen LogP contribution in [0, 0.1) is 5.92 Å². The normalized spacial score (nSPS) is 10.7. The molecule has 0 aromatic heterocycles. The SMILES string of the molecule is CC(C)COc1ccccc1NC(=O)c1cc(Br)ccc1OCCc1ccccc1. The zero-order valence-electron chi connectivity index (χ0n) is 17.2. The van der Waals surface area contributed by atoms with E-state index in [1.807, 2.05) is 54.6 Å². The van der Waals surface area contributed by atoms with Crippen molar-refractivity contribution >= 4 is 27.5 Å². The number of hydrogen-bond acceptors (Lipinski definition) is 3. The molecule has 4 nitrogen and oxygen atoms in total. The van der Waals surface area contributed by atoms with Gasteiger partial charge in [-0.1, -0.05) is 72.2 Å². The smallest absolute Gasteiger partial charge is 0.259 e. The van der Waals surface area contributed by atoms with Crippen LogP contribution in [0.3, 0.4) is 0 Å². The lowest BCUT2D eigenvalue weighted by Gasteiger charge is -2.15. The van der Waals surface area contributed by atoms with Gasteiger partial charge in [-0.25, -0.2) is 0 Å². The molecule has 0 spiro atoms. The predicted octanol–water partition coefficient (Wildman–Crippen LogP) is 6.36. The summed E-state index contributed by atoms with van der Waals surface area (Å²) in [5.74, 6) is 1.35. The summed E-state index contributed by atoms with van der Waals surface area (Å²) < 4.78 is 12.6. The van der Waals surface area contributed by atoms with E-state index in [1.165, 1.54) is 5.56 Å². The largest absolute Gasteiger partial charge is 0.492 e. The van der Waals surface area contributed by atoms with Crippen molar-refractivity contribution in [2.75, 3.05) is 18.5 Å². The summed E-state index contributed by atoms with van der Waals surface area (Å²) in [4.78, 5) is 13.0. The van der Waals surface area contributed by atoms with Crippen LogP contribution in [-0.2, 0) is 6.42 Å². The number of halogens is 1. The molecule has 0 aliphatic carbocycles. The third-order valence-electron chi connectivity index (χ3n) is 4.38. The van der Waals surface area contributed by atoms with Gasteiger partial charge in [0, 0.05) is 10.9 Å². The van der Waals surface area contributed by atoms with E-state index in [0.717, 1.165) is 10.9 Å². The highest BCUT2D eigenvalue weighted by Gasteiger charge is 2.16. The van der Waals surface area contributed by atoms with Gasteiger partial charge in [-0.05, 0) is 41.8 Å². The second kappa shape index (κ2) is 10.8. The Labute approximate surface area is 186 Å². The van der Waals surface area contributed by atoms with E-state index < -0.39 is 0 Å². The van der Waals surface area contributed by atoms with Crippen LogP contribution in [0.15, 0.2) is 77.3 Å². The number of anilines is 1. The number of carbonyl (C=O) groups excluding carboxylic acids is 1. The first-order valence-electron chi connectivity index (χ1n) is 10.0. The van der Waals surface area contributed by atoms with E-state index in [-0.39, 0.29) is 5.91 Å². The van der Waals surface area contributed by atoms with Gasteiger partial charge in [0.05, 0.1) is 24.5 Å². The highest BCUT2D eigenvalue weighted by atomic mass is 79.9. The van der Waals surface area contributed by atoms with Crippen molar-refractivity contribution in [3.8, 4) is 11.5 Å². The molecule has 0 saturated carbocycles. The van der Waals surface area contributed by atoms with Crippen molar-refractivity contribution in [3.05, 3.63) is 88.4 Å². The molecule has 30 heavy (non-hydrogen) atoms. The third kappa shape index (κ3) is 6.36. The first kappa shape index (κ1) is 21.9. The van der Waals surface area contributed by atoms with Crippen molar-refractivity contribution in [3.63, 3.8) is 0 Å². The van der Waals surface area contributed by atoms with Crippen LogP contribution in [0.25, 0.3) is 0 Å². The lowest BCUT2D eigenvalue weighted by molar-refractivity contribution is 0.102. The number of para-hydroxylation sites is 2. The summed E-state index contributed by atoms with van der Waals surface area (Å²) in [6.07, 6.45) is 0.768. The van der Waals surface area contributed by atoms with Gasteiger partial charge in [0.15, 0.2) is 0 Å². The van der Waals surface area contributed by atoms with E-state index >= 15 is 0 Å². The maximum absolute atomic E-state index is 13.0. The molecule has 0 bridgehead atoms. The summed E-state index contributed by atoms with van der Waals surface area (Å²) in [7, 11) is 0. The van der Waals surface area contributed by atoms with E-state index in [4.69, 9.17) is 9.47 Å². The summed E-state index contributed by atoms with van der Waals surface area (Å²) in [6, 6.07) is 23.0. The van der Waals surface area contributed by atoms with Gasteiger partial charge in [-0.15, -0.1) is 0 Å². The van der Waals surface area contributed by atoms with Crippen LogP contribution in [0.2, 0.25) is 0 Å². The number of nitrogens with one attached hydrogen (secondary N) is 1. The first-order chi connectivity index (χ1) is 14.5. The van der Waals surface area contributed by atoms with E-state index in [2.05, 4.69) is 47.2 Å². The lowest BCUT2D eigenvalue weighted by Crippen LogP contribution is -2.16. The fourth-order valence-corrected chi connectivity index (χ4v) is 3.23. The first-order valence-corrected chi connectivity index (χ1v) is 10.8. The monoisotopic (exact) mass is 467 g/mol. The second-order valence-corrected chi connectivity index (χ2v) is 8.30. The lowest BCUT2D eigenvalue weighted by atomic mass is 10.1. The van der Waals surface area contributed by atoms with Crippen LogP contribution in [0.5, 0.6) is 11.5 Å². The van der Waals surface area contributed by atoms with Crippen LogP contribution < -0.4 is 14.8 Å². The summed E-state index contributed by atoms with van der Waals surface area (Å²) in [6.45, 7) is 5.24. The molecule has 0 fully saturated rings. The molecule has 0 atom stereocenters. The van der Waals surface area contributed by atoms with E-state index in [1.54, 1.807) is 6.07 Å². The zero-order chi connectivity index (χ0) is 21.3. The molecule has 0 aliphatic rings. The highest BCUT2D eigenvalue weighted by molar-refractivity contribution is 9.10. The molecule has 1 amide bonds. The fourth-order valence-electron chi connectivity index (χ4n) is 2.87. The van der Waals surface area contributed by atoms with Crippen molar-refractivity contribution in [2.24, 2.45) is 5.92 Å². The molecule has 3 aromatic carbocycles. The minimum Gasteiger partial charge on any atom is -0.492 e. The molecule has 0 saturated heterocycles. The number of amides is 1. The maximum atomic E-state index is 13.0. The second-order valence-electron chi connectivity index (χ2n) is 7.38. The van der Waals surface area contributed by atoms with Crippen molar-refractivity contribution in [2.45, 2.75) is 20.3 Å². The molecule has 3 aromatic rings. The van der Waals surface area contributed by atoms with Gasteiger partial charge in [0.2, 0.25) is 0 Å². The molecular weight excluding hydrogens is 442 g/mol. The van der Waals surface area contributed by atoms with Crippen LogP contribution in [0.4, 0.5) is 5.69 Å². The van der Waals surface area contributed by atoms with Crippen molar-refractivity contribution in [1.29, 1.82) is 0 Å². The maximum Gasteiger partial charge on any atom is 0.259 e. The van der Waals surface area contributed by atoms with Crippen LogP contribution >= 0.6 is 15.9 Å². The van der Waals surface area contributed by atoms with Gasteiger partial charge in [-0.3, -0.25) is 4.79 Å². The summed E-state index contributed by atoms with van der Waals surface area (Å²) in [5.41, 5.74) is 2.30. The standard InChI is InChI=1S/C25H26BrNO3/c1-18(2)17-30-24-11-7-6-10-22(24)27-25(28)21-16-20(26)12-13-23(21)29-15-14-19-8-4-3-5-9-19/h3-13,16,18H,14-15,17H2,1-2H3,(H,27,28). The average Bonchev–Trinajstić information content (AvgIpc) is 2.74. The van der Waals surface area contributed by atoms with Gasteiger partial charge < -0.3 is 14.8 Å². The average molecular weight is 468 g/mol. The summed E-state index contributed by atoms with van der Waals surface area (Å²) >= 11 is 3.45. The molecule has 1 N–H and O–H groups in total. The molecule has 0 radical (unpaired) electrons. The minimum absolute atomic E-state index is 0.244. The van der Waals surface area contributed by atoms with Gasteiger partial charge >= 0.3 is 0 Å². The zero-order valence-corrected chi connectivity index (χ0v) is 18.8. The fraction of sp³-hybridized carbons (Fsp3) is 0.240. The Kier molecular flexibility index (Phi) is 7.91. The Morgan fingerprint density at radius 2 is 1.67 bits per heavy atom. The molecule has 0 aliphatic heterocycles. The molecule has 0 heterocycles. The van der Waals surface area contributed by atoms with Gasteiger partial charge in [0.25, 0.3) is 5.91 Å². The Morgan fingerprint density at radius 3 is 2.43 bits per heavy atom. The Bertz CT molecular complexity index is 973. The number of ether oxygens (including phenoxy) is 2. The topological polar surface area (TPSA) is 47.6 Å². The van der Waals surface area contributed by atoms with E-state index in [0.29, 0.717) is 41.9 Å². The highest BCUT2D eigenvalue weighted by Crippen LogP contribution is 2.28. The Balaban J connectivity index is 1.72. The molecular formula is C25H26BrNO3. The number of benzene rings is 3. The van der Waals surface area contributed by atoms with Gasteiger partial charge in [0.1, 0.15) is 11.5 Å². The predicted molar refractivity (Wildman–Crippen MR) is 125 cm³/mol. The minimum atomic E-state index is -0.244. The van der Waals surface area contributed by atoms with Gasteiger partial charge in [-0.2, -0.15) is 0 Å². The third-order valence-corrected chi connectivity index (χ3v) is 4.88. The number of rotatable bonds is 9. The van der Waals surface area contributed by atoms with Crippen molar-refractivity contribution < 1.29 is 14.3 Å². The Hall–Kier alpha value is -2.79. The van der Waals surface area contributed by atoms with E-state index in [9.17, 15) is 4.79 Å². The number of carbonyl (C=O) groups is 1. The van der Waals surface area contributed by atoms with Crippen LogP contribution in [0.1, 0.15) is 29.8 Å². The molecule has 5 heteroatoms. The summed E-state index contributed by atoms with van der Waals surface area (Å²) in [5, 5.41) is 2.96. The molecule has 0 unspecified atom stereocenters. The Morgan fingerprint density at radius 1 is 0.933 bits per heavy atom. The van der Waals surface area contributed by atoms with Crippen LogP contribution in [-0.4, -0.2) is 19.1 Å². The molecule has 3 rings (SSSR count). The number of hydrogen-bond donors (Lipinski definition) is 1. The molecule has 156 valence electrons.